The Hall–Kier alpha value is -0.890. The van der Waals surface area contributed by atoms with Crippen molar-refractivity contribution in [1.29, 1.82) is 0 Å². The van der Waals surface area contributed by atoms with E-state index in [4.69, 9.17) is 0 Å². The smallest absolute Gasteiger partial charge is 0.123 e. The van der Waals surface area contributed by atoms with Gasteiger partial charge in [-0.1, -0.05) is 12.5 Å². The maximum Gasteiger partial charge on any atom is 0.123 e. The standard InChI is InChI=1S/C14H20FN/c1-10-6-7-13(15)8-12(10)9-14(16-2)11-4-3-5-11/h6-8,11,14,16H,3-5,9H2,1-2H3. The average Bonchev–Trinajstić information content (AvgIpc) is 2.19. The molecule has 1 aromatic rings. The van der Waals surface area contributed by atoms with Gasteiger partial charge in [0.15, 0.2) is 0 Å². The maximum atomic E-state index is 13.2. The van der Waals surface area contributed by atoms with Gasteiger partial charge in [-0.15, -0.1) is 0 Å². The number of aryl methyl sites for hydroxylation is 1. The van der Waals surface area contributed by atoms with Gasteiger partial charge in [-0.3, -0.25) is 0 Å². The van der Waals surface area contributed by atoms with Crippen LogP contribution in [0.4, 0.5) is 4.39 Å². The van der Waals surface area contributed by atoms with Crippen LogP contribution in [0, 0.1) is 18.7 Å². The summed E-state index contributed by atoms with van der Waals surface area (Å²) >= 11 is 0. The van der Waals surface area contributed by atoms with E-state index in [2.05, 4.69) is 12.2 Å². The number of nitrogens with one attached hydrogen (secondary N) is 1. The van der Waals surface area contributed by atoms with Gasteiger partial charge in [0, 0.05) is 6.04 Å². The molecule has 1 aliphatic carbocycles. The van der Waals surface area contributed by atoms with Gasteiger partial charge in [0.25, 0.3) is 0 Å². The molecule has 2 heteroatoms. The van der Waals surface area contributed by atoms with E-state index in [1.54, 1.807) is 6.07 Å². The minimum atomic E-state index is -0.121. The fourth-order valence-corrected chi connectivity index (χ4v) is 2.44. The third-order valence-electron chi connectivity index (χ3n) is 3.84. The van der Waals surface area contributed by atoms with Crippen molar-refractivity contribution in [3.8, 4) is 0 Å². The predicted molar refractivity (Wildman–Crippen MR) is 65.0 cm³/mol. The Kier molecular flexibility index (Phi) is 3.59. The second-order valence-electron chi connectivity index (χ2n) is 4.86. The number of hydrogen-bond acceptors (Lipinski definition) is 1. The van der Waals surface area contributed by atoms with Crippen molar-refractivity contribution in [2.45, 2.75) is 38.6 Å². The van der Waals surface area contributed by atoms with Crippen molar-refractivity contribution in [3.63, 3.8) is 0 Å². The van der Waals surface area contributed by atoms with Gasteiger partial charge >= 0.3 is 0 Å². The Bertz CT molecular complexity index is 358. The molecule has 0 radical (unpaired) electrons. The average molecular weight is 221 g/mol. The molecule has 0 amide bonds. The summed E-state index contributed by atoms with van der Waals surface area (Å²) in [4.78, 5) is 0. The number of hydrogen-bond donors (Lipinski definition) is 1. The van der Waals surface area contributed by atoms with E-state index in [1.165, 1.54) is 30.9 Å². The van der Waals surface area contributed by atoms with Crippen LogP contribution < -0.4 is 5.32 Å². The monoisotopic (exact) mass is 221 g/mol. The summed E-state index contributed by atoms with van der Waals surface area (Å²) in [5.41, 5.74) is 2.34. The van der Waals surface area contributed by atoms with Crippen molar-refractivity contribution in [1.82, 2.24) is 5.32 Å². The molecule has 2 rings (SSSR count). The maximum absolute atomic E-state index is 13.2. The molecule has 0 aromatic heterocycles. The lowest BCUT2D eigenvalue weighted by Crippen LogP contribution is -2.39. The van der Waals surface area contributed by atoms with Gasteiger partial charge in [-0.2, -0.15) is 0 Å². The zero-order valence-corrected chi connectivity index (χ0v) is 10.1. The first-order valence-electron chi connectivity index (χ1n) is 6.13. The lowest BCUT2D eigenvalue weighted by Gasteiger charge is -2.34. The highest BCUT2D eigenvalue weighted by atomic mass is 19.1. The van der Waals surface area contributed by atoms with Gasteiger partial charge in [-0.25, -0.2) is 4.39 Å². The van der Waals surface area contributed by atoms with Crippen LogP contribution in [0.2, 0.25) is 0 Å². The van der Waals surface area contributed by atoms with E-state index < -0.39 is 0 Å². The van der Waals surface area contributed by atoms with Crippen molar-refractivity contribution >= 4 is 0 Å². The molecule has 1 aliphatic rings. The summed E-state index contributed by atoms with van der Waals surface area (Å²) in [6, 6.07) is 5.60. The normalized spacial score (nSPS) is 18.2. The Labute approximate surface area is 97.1 Å². The topological polar surface area (TPSA) is 12.0 Å². The van der Waals surface area contributed by atoms with E-state index in [9.17, 15) is 4.39 Å². The first kappa shape index (κ1) is 11.6. The summed E-state index contributed by atoms with van der Waals surface area (Å²) in [6.45, 7) is 2.06. The fourth-order valence-electron chi connectivity index (χ4n) is 2.44. The van der Waals surface area contributed by atoms with E-state index >= 15 is 0 Å². The van der Waals surface area contributed by atoms with Gasteiger partial charge < -0.3 is 5.32 Å². The van der Waals surface area contributed by atoms with Crippen LogP contribution in [0.5, 0.6) is 0 Å². The predicted octanol–water partition coefficient (Wildman–Crippen LogP) is 3.06. The molecule has 0 bridgehead atoms. The molecule has 0 spiro atoms. The quantitative estimate of drug-likeness (QED) is 0.824. The molecule has 0 aliphatic heterocycles. The molecule has 1 saturated carbocycles. The van der Waals surface area contributed by atoms with Crippen LogP contribution in [-0.4, -0.2) is 13.1 Å². The Balaban J connectivity index is 2.08. The van der Waals surface area contributed by atoms with Crippen molar-refractivity contribution < 1.29 is 4.39 Å². The summed E-state index contributed by atoms with van der Waals surface area (Å²) in [5, 5.41) is 3.38. The van der Waals surface area contributed by atoms with Crippen LogP contribution in [0.3, 0.4) is 0 Å². The molecule has 1 unspecified atom stereocenters. The Morgan fingerprint density at radius 1 is 1.44 bits per heavy atom. The highest BCUT2D eigenvalue weighted by molar-refractivity contribution is 5.27. The second-order valence-corrected chi connectivity index (χ2v) is 4.86. The number of likely N-dealkylation sites (N-methyl/N-ethyl adjacent to an activating group) is 1. The number of benzene rings is 1. The van der Waals surface area contributed by atoms with Crippen molar-refractivity contribution in [2.75, 3.05) is 7.05 Å². The van der Waals surface area contributed by atoms with E-state index in [-0.39, 0.29) is 5.82 Å². The van der Waals surface area contributed by atoms with E-state index in [0.717, 1.165) is 17.9 Å². The molecule has 88 valence electrons. The molecule has 0 heterocycles. The van der Waals surface area contributed by atoms with Crippen LogP contribution in [-0.2, 0) is 6.42 Å². The highest BCUT2D eigenvalue weighted by Crippen LogP contribution is 2.31. The van der Waals surface area contributed by atoms with Gasteiger partial charge in [0.2, 0.25) is 0 Å². The molecule has 1 fully saturated rings. The molecule has 16 heavy (non-hydrogen) atoms. The largest absolute Gasteiger partial charge is 0.316 e. The van der Waals surface area contributed by atoms with E-state index in [1.807, 2.05) is 13.1 Å². The molecule has 1 nitrogen and oxygen atoms in total. The Morgan fingerprint density at radius 2 is 2.19 bits per heavy atom. The second kappa shape index (κ2) is 4.96. The summed E-state index contributed by atoms with van der Waals surface area (Å²) in [7, 11) is 2.01. The molecule has 1 N–H and O–H groups in total. The minimum Gasteiger partial charge on any atom is -0.316 e. The lowest BCUT2D eigenvalue weighted by atomic mass is 9.77. The third-order valence-corrected chi connectivity index (χ3v) is 3.84. The molecule has 1 aromatic carbocycles. The van der Waals surface area contributed by atoms with Gasteiger partial charge in [0.1, 0.15) is 5.82 Å². The van der Waals surface area contributed by atoms with Crippen LogP contribution in [0.25, 0.3) is 0 Å². The number of rotatable bonds is 4. The Morgan fingerprint density at radius 3 is 2.75 bits per heavy atom. The highest BCUT2D eigenvalue weighted by Gasteiger charge is 2.26. The fraction of sp³-hybridized carbons (Fsp3) is 0.571. The van der Waals surface area contributed by atoms with Crippen LogP contribution in [0.1, 0.15) is 30.4 Å². The summed E-state index contributed by atoms with van der Waals surface area (Å²) in [6.07, 6.45) is 4.94. The SMILES string of the molecule is CNC(Cc1cc(F)ccc1C)C1CCC1. The first-order valence-corrected chi connectivity index (χ1v) is 6.13. The van der Waals surface area contributed by atoms with Gasteiger partial charge in [0.05, 0.1) is 0 Å². The van der Waals surface area contributed by atoms with Crippen LogP contribution in [0.15, 0.2) is 18.2 Å². The third kappa shape index (κ3) is 2.43. The molecule has 0 saturated heterocycles. The van der Waals surface area contributed by atoms with Gasteiger partial charge in [-0.05, 0) is 62.4 Å². The molecular formula is C14H20FN. The zero-order chi connectivity index (χ0) is 11.5. The zero-order valence-electron chi connectivity index (χ0n) is 10.1. The molecular weight excluding hydrogens is 201 g/mol. The molecule has 1 atom stereocenters. The lowest BCUT2D eigenvalue weighted by molar-refractivity contribution is 0.235. The first-order chi connectivity index (χ1) is 7.70. The minimum absolute atomic E-state index is 0.121. The van der Waals surface area contributed by atoms with Crippen molar-refractivity contribution in [3.05, 3.63) is 35.1 Å². The van der Waals surface area contributed by atoms with Crippen LogP contribution >= 0.6 is 0 Å². The summed E-state index contributed by atoms with van der Waals surface area (Å²) < 4.78 is 13.2. The summed E-state index contributed by atoms with van der Waals surface area (Å²) in [5.74, 6) is 0.664. The van der Waals surface area contributed by atoms with Crippen molar-refractivity contribution in [2.24, 2.45) is 5.92 Å². The number of halogens is 1. The van der Waals surface area contributed by atoms with E-state index in [0.29, 0.717) is 6.04 Å².